The summed E-state index contributed by atoms with van der Waals surface area (Å²) in [7, 11) is 0. The van der Waals surface area contributed by atoms with Crippen LogP contribution in [-0.4, -0.2) is 28.0 Å². The molecule has 0 aromatic carbocycles. The van der Waals surface area contributed by atoms with Gasteiger partial charge in [-0.15, -0.1) is 0 Å². The van der Waals surface area contributed by atoms with Crippen molar-refractivity contribution in [3.05, 3.63) is 29.0 Å². The maximum Gasteiger partial charge on any atom is 2.00 e. The Hall–Kier alpha value is 0.686. The largest absolute Gasteiger partial charge is 2.00 e. The topological polar surface area (TPSA) is 12.9 Å². The van der Waals surface area contributed by atoms with Crippen LogP contribution < -0.4 is 12.4 Å². The second kappa shape index (κ2) is 6.80. The molecule has 1 rings (SSSR count). The molecule has 0 atom stereocenters. The molecular formula is C5H3BrClMgN. The predicted molar refractivity (Wildman–Crippen MR) is 36.5 cm³/mol. The first-order valence-corrected chi connectivity index (χ1v) is 2.66. The van der Waals surface area contributed by atoms with Gasteiger partial charge in [0.1, 0.15) is 0 Å². The van der Waals surface area contributed by atoms with Crippen LogP contribution in [-0.2, 0) is 0 Å². The molecule has 0 aliphatic carbocycles. The first-order valence-electron chi connectivity index (χ1n) is 1.87. The van der Waals surface area contributed by atoms with Gasteiger partial charge in [-0.25, -0.2) is 12.1 Å². The van der Waals surface area contributed by atoms with Crippen LogP contribution in [0.5, 0.6) is 0 Å². The third kappa shape index (κ3) is 5.15. The molecule has 1 aromatic rings. The van der Waals surface area contributed by atoms with E-state index >= 15 is 0 Å². The van der Waals surface area contributed by atoms with Crippen LogP contribution in [0.3, 0.4) is 0 Å². The zero-order valence-electron chi connectivity index (χ0n) is 4.64. The molecule has 0 amide bonds. The van der Waals surface area contributed by atoms with Crippen molar-refractivity contribution in [3.8, 4) is 0 Å². The van der Waals surface area contributed by atoms with Crippen LogP contribution in [0.15, 0.2) is 22.9 Å². The second-order valence-electron chi connectivity index (χ2n) is 1.08. The van der Waals surface area contributed by atoms with Gasteiger partial charge in [-0.2, -0.15) is 6.07 Å². The van der Waals surface area contributed by atoms with E-state index in [0.717, 1.165) is 4.60 Å². The summed E-state index contributed by atoms with van der Waals surface area (Å²) in [5, 5.41) is 0. The first kappa shape index (κ1) is 12.4. The van der Waals surface area contributed by atoms with Gasteiger partial charge < -0.3 is 12.4 Å². The van der Waals surface area contributed by atoms with Gasteiger partial charge in [-0.1, -0.05) is 22.1 Å². The molecular weight excluding hydrogens is 214 g/mol. The Kier molecular flexibility index (Phi) is 9.35. The Morgan fingerprint density at radius 2 is 2.22 bits per heavy atom. The van der Waals surface area contributed by atoms with E-state index in [2.05, 4.69) is 27.0 Å². The molecule has 1 nitrogen and oxygen atoms in total. The average molecular weight is 217 g/mol. The first-order chi connectivity index (χ1) is 3.39. The quantitative estimate of drug-likeness (QED) is 0.285. The van der Waals surface area contributed by atoms with Crippen molar-refractivity contribution in [1.29, 1.82) is 0 Å². The van der Waals surface area contributed by atoms with Crippen molar-refractivity contribution >= 4 is 39.0 Å². The van der Waals surface area contributed by atoms with Crippen LogP contribution in [0.25, 0.3) is 0 Å². The number of hydrogen-bond donors (Lipinski definition) is 0. The predicted octanol–water partition coefficient (Wildman–Crippen LogP) is -1.73. The molecule has 0 spiro atoms. The summed E-state index contributed by atoms with van der Waals surface area (Å²) in [6, 6.07) is 6.43. The molecule has 0 N–H and O–H groups in total. The van der Waals surface area contributed by atoms with E-state index < -0.39 is 0 Å². The van der Waals surface area contributed by atoms with Crippen LogP contribution in [0.4, 0.5) is 0 Å². The fourth-order valence-corrected chi connectivity index (χ4v) is 0.536. The van der Waals surface area contributed by atoms with Gasteiger partial charge in [-0.05, 0) is 0 Å². The van der Waals surface area contributed by atoms with Gasteiger partial charge in [0.15, 0.2) is 0 Å². The van der Waals surface area contributed by atoms with Gasteiger partial charge in [0.25, 0.3) is 0 Å². The van der Waals surface area contributed by atoms with E-state index in [9.17, 15) is 0 Å². The second-order valence-corrected chi connectivity index (χ2v) is 1.89. The smallest absolute Gasteiger partial charge is 1.00 e. The van der Waals surface area contributed by atoms with Gasteiger partial charge >= 0.3 is 23.1 Å². The molecule has 1 aromatic heterocycles. The third-order valence-corrected chi connectivity index (χ3v) is 1.05. The molecule has 4 heteroatoms. The molecule has 0 unspecified atom stereocenters. The number of halogens is 2. The number of nitrogens with zero attached hydrogens (tertiary/aromatic N) is 1. The molecule has 0 aliphatic heterocycles. The number of rotatable bonds is 0. The maximum absolute atomic E-state index is 3.84. The minimum absolute atomic E-state index is 0. The van der Waals surface area contributed by atoms with Crippen molar-refractivity contribution in [1.82, 2.24) is 4.98 Å². The van der Waals surface area contributed by atoms with Crippen molar-refractivity contribution in [2.24, 2.45) is 0 Å². The summed E-state index contributed by atoms with van der Waals surface area (Å²) < 4.78 is 0.853. The fourth-order valence-electron chi connectivity index (χ4n) is 0.302. The van der Waals surface area contributed by atoms with Gasteiger partial charge in [0.05, 0.1) is 0 Å². The zero-order valence-corrected chi connectivity index (χ0v) is 8.40. The Bertz CT molecular complexity index is 147. The molecule has 1 heterocycles. The Labute approximate surface area is 84.9 Å². The van der Waals surface area contributed by atoms with E-state index in [-0.39, 0.29) is 35.5 Å². The molecule has 0 bridgehead atoms. The molecule has 0 fully saturated rings. The minimum Gasteiger partial charge on any atom is -1.00 e. The Balaban J connectivity index is 0. The molecule has 0 saturated heterocycles. The minimum atomic E-state index is 0. The fraction of sp³-hybridized carbons (Fsp3) is 0. The molecule has 0 saturated carbocycles. The van der Waals surface area contributed by atoms with Crippen molar-refractivity contribution < 1.29 is 12.4 Å². The number of aromatic nitrogens is 1. The molecule has 0 radical (unpaired) electrons. The summed E-state index contributed by atoms with van der Waals surface area (Å²) in [5.74, 6) is 0. The van der Waals surface area contributed by atoms with E-state index in [1.54, 1.807) is 12.3 Å². The van der Waals surface area contributed by atoms with Gasteiger partial charge in [0.2, 0.25) is 0 Å². The van der Waals surface area contributed by atoms with Crippen LogP contribution in [0.1, 0.15) is 0 Å². The van der Waals surface area contributed by atoms with Crippen LogP contribution in [0, 0.1) is 6.07 Å². The standard InChI is InChI=1S/C5H3BrN.ClH.Mg/c6-5-3-1-2-4-7-5;;/h1,3-4H;1H;/q-1;;+2/p-1. The Morgan fingerprint density at radius 3 is 2.44 bits per heavy atom. The normalized spacial score (nSPS) is 6.78. The molecule has 0 aliphatic rings. The van der Waals surface area contributed by atoms with Crippen molar-refractivity contribution in [3.63, 3.8) is 0 Å². The van der Waals surface area contributed by atoms with Gasteiger partial charge in [0, 0.05) is 4.60 Å². The maximum atomic E-state index is 3.84. The van der Waals surface area contributed by atoms with E-state index in [4.69, 9.17) is 0 Å². The van der Waals surface area contributed by atoms with Crippen molar-refractivity contribution in [2.75, 3.05) is 0 Å². The van der Waals surface area contributed by atoms with Gasteiger partial charge in [-0.3, -0.25) is 4.98 Å². The third-order valence-electron chi connectivity index (χ3n) is 0.580. The van der Waals surface area contributed by atoms with E-state index in [0.29, 0.717) is 0 Å². The zero-order chi connectivity index (χ0) is 5.11. The van der Waals surface area contributed by atoms with Crippen molar-refractivity contribution in [2.45, 2.75) is 0 Å². The van der Waals surface area contributed by atoms with E-state index in [1.165, 1.54) is 0 Å². The monoisotopic (exact) mass is 215 g/mol. The SMILES string of the molecule is Brc1cc[c-]cn1.[Cl-].[Mg+2]. The molecule has 44 valence electrons. The average Bonchev–Trinajstić information content (AvgIpc) is 1.69. The summed E-state index contributed by atoms with van der Waals surface area (Å²) in [6.45, 7) is 0. The summed E-state index contributed by atoms with van der Waals surface area (Å²) in [4.78, 5) is 3.84. The number of hydrogen-bond acceptors (Lipinski definition) is 1. The number of pyridine rings is 1. The summed E-state index contributed by atoms with van der Waals surface area (Å²) >= 11 is 3.18. The van der Waals surface area contributed by atoms with Crippen LogP contribution in [0.2, 0.25) is 0 Å². The Morgan fingerprint density at radius 1 is 1.56 bits per heavy atom. The summed E-state index contributed by atoms with van der Waals surface area (Å²) in [5.41, 5.74) is 0. The summed E-state index contributed by atoms with van der Waals surface area (Å²) in [6.07, 6.45) is 1.62. The van der Waals surface area contributed by atoms with E-state index in [1.807, 2.05) is 6.07 Å². The van der Waals surface area contributed by atoms with Crippen LogP contribution >= 0.6 is 15.9 Å². The molecule has 9 heavy (non-hydrogen) atoms.